The minimum Gasteiger partial charge on any atom is -0.392 e. The maximum absolute atomic E-state index is 13.5. The highest BCUT2D eigenvalue weighted by Gasteiger charge is 2.52. The van der Waals surface area contributed by atoms with Gasteiger partial charge in [-0.2, -0.15) is 0 Å². The van der Waals surface area contributed by atoms with Gasteiger partial charge in [0.2, 0.25) is 5.91 Å². The second-order valence-electron chi connectivity index (χ2n) is 11.2. The summed E-state index contributed by atoms with van der Waals surface area (Å²) in [4.78, 5) is 30.8. The van der Waals surface area contributed by atoms with Crippen molar-refractivity contribution in [3.63, 3.8) is 0 Å². The molecular formula is C29H39ClN2O5. The lowest BCUT2D eigenvalue weighted by Crippen LogP contribution is -2.48. The monoisotopic (exact) mass is 530 g/mol. The van der Waals surface area contributed by atoms with Gasteiger partial charge in [0.05, 0.1) is 53.4 Å². The van der Waals surface area contributed by atoms with Crippen molar-refractivity contribution < 1.29 is 24.5 Å². The van der Waals surface area contributed by atoms with Gasteiger partial charge in [-0.25, -0.2) is 0 Å². The molecule has 37 heavy (non-hydrogen) atoms. The highest BCUT2D eigenvalue weighted by Crippen LogP contribution is 2.45. The van der Waals surface area contributed by atoms with Crippen LogP contribution in [0.15, 0.2) is 29.4 Å². The molecule has 2 saturated heterocycles. The first-order valence-electron chi connectivity index (χ1n) is 13.0. The van der Waals surface area contributed by atoms with E-state index in [4.69, 9.17) is 22.8 Å². The third-order valence-electron chi connectivity index (χ3n) is 7.98. The van der Waals surface area contributed by atoms with Crippen LogP contribution in [-0.4, -0.2) is 56.8 Å². The number of aliphatic hydroxyl groups excluding tert-OH is 2. The summed E-state index contributed by atoms with van der Waals surface area (Å²) in [5.74, 6) is 0.714. The largest absolute Gasteiger partial charge is 0.392 e. The first-order chi connectivity index (χ1) is 17.4. The molecule has 0 aliphatic carbocycles. The van der Waals surface area contributed by atoms with Crippen LogP contribution in [0.25, 0.3) is 6.08 Å². The number of hydrogen-bond acceptors (Lipinski definition) is 6. The number of hydrogen-bond donors (Lipinski definition) is 3. The smallest absolute Gasteiger partial charge is 0.223 e. The molecule has 202 valence electrons. The van der Waals surface area contributed by atoms with Crippen LogP contribution < -0.4 is 5.32 Å². The van der Waals surface area contributed by atoms with Crippen molar-refractivity contribution in [3.05, 3.63) is 35.1 Å². The van der Waals surface area contributed by atoms with E-state index >= 15 is 0 Å². The van der Waals surface area contributed by atoms with Crippen molar-refractivity contribution in [3.8, 4) is 12.3 Å². The minimum absolute atomic E-state index is 0.0611. The summed E-state index contributed by atoms with van der Waals surface area (Å²) < 4.78 is 6.04. The van der Waals surface area contributed by atoms with Crippen LogP contribution in [0, 0.1) is 29.6 Å². The molecule has 3 heterocycles. The predicted octanol–water partition coefficient (Wildman–Crippen LogP) is 3.86. The van der Waals surface area contributed by atoms with Crippen LogP contribution in [0.5, 0.6) is 0 Å². The van der Waals surface area contributed by atoms with Crippen molar-refractivity contribution in [1.29, 1.82) is 0 Å². The van der Waals surface area contributed by atoms with Crippen LogP contribution in [0.2, 0.25) is 0 Å². The molecule has 0 bridgehead atoms. The van der Waals surface area contributed by atoms with Crippen LogP contribution in [0.3, 0.4) is 0 Å². The van der Waals surface area contributed by atoms with Gasteiger partial charge in [-0.3, -0.25) is 14.6 Å². The molecule has 7 unspecified atom stereocenters. The molecule has 2 fully saturated rings. The average molecular weight is 531 g/mol. The van der Waals surface area contributed by atoms with E-state index in [0.29, 0.717) is 23.6 Å². The molecular weight excluding hydrogens is 492 g/mol. The second-order valence-corrected chi connectivity index (χ2v) is 11.7. The minimum atomic E-state index is -1.29. The third kappa shape index (κ3) is 7.20. The van der Waals surface area contributed by atoms with Crippen LogP contribution >= 0.6 is 11.6 Å². The summed E-state index contributed by atoms with van der Waals surface area (Å²) in [7, 11) is 0. The van der Waals surface area contributed by atoms with E-state index in [-0.39, 0.29) is 36.2 Å². The molecule has 0 spiro atoms. The molecule has 0 saturated carbocycles. The normalized spacial score (nSPS) is 35.7. The summed E-state index contributed by atoms with van der Waals surface area (Å²) in [5, 5.41) is 25.4. The van der Waals surface area contributed by atoms with Gasteiger partial charge in [0, 0.05) is 24.1 Å². The number of rotatable bonds is 3. The number of halogens is 1. The van der Waals surface area contributed by atoms with Gasteiger partial charge in [-0.05, 0) is 43.9 Å². The average Bonchev–Trinajstić information content (AvgIpc) is 3.49. The van der Waals surface area contributed by atoms with Crippen molar-refractivity contribution in [1.82, 2.24) is 10.3 Å². The maximum Gasteiger partial charge on any atom is 0.223 e. The topological polar surface area (TPSA) is 112 Å². The third-order valence-corrected chi connectivity index (χ3v) is 8.35. The SMILES string of the molecule is C#CCC1C(=O)C(C)(C)C(O)CC(=O)NC(C(Cl)=Cc2ccccn2)CC2OC2(C)CCCC(C)C1O. The Kier molecular flexibility index (Phi) is 9.57. The van der Waals surface area contributed by atoms with Gasteiger partial charge >= 0.3 is 0 Å². The van der Waals surface area contributed by atoms with Crippen LogP contribution in [-0.2, 0) is 14.3 Å². The highest BCUT2D eigenvalue weighted by atomic mass is 35.5. The fraction of sp³-hybridized carbons (Fsp3) is 0.621. The number of aromatic nitrogens is 1. The van der Waals surface area contributed by atoms with E-state index < -0.39 is 35.5 Å². The van der Waals surface area contributed by atoms with Crippen LogP contribution in [0.1, 0.15) is 71.9 Å². The highest BCUT2D eigenvalue weighted by molar-refractivity contribution is 6.32. The van der Waals surface area contributed by atoms with Gasteiger partial charge in [0.1, 0.15) is 5.78 Å². The van der Waals surface area contributed by atoms with Crippen molar-refractivity contribution in [2.24, 2.45) is 17.3 Å². The number of ether oxygens (including phenoxy) is 1. The number of carbonyl (C=O) groups is 2. The van der Waals surface area contributed by atoms with E-state index in [0.717, 1.165) is 12.8 Å². The standard InChI is InChI=1S/C29H39ClN2O5/c1-6-10-20-26(35)18(2)11-9-13-29(5)24(37-29)16-22(21(30)15-19-12-7-8-14-31-19)32-25(34)17-23(33)28(3,4)27(20)36/h1,7-8,12,14-15,18,20,22-24,26,33,35H,9-11,13,16-17H2,2-5H3,(H,32,34). The predicted molar refractivity (Wildman–Crippen MR) is 143 cm³/mol. The summed E-state index contributed by atoms with van der Waals surface area (Å²) in [6.07, 6.45) is 9.07. The number of Topliss-reactive ketones (excluding diaryl/α,β-unsaturated/α-hetero) is 1. The number of ketones is 1. The lowest BCUT2D eigenvalue weighted by atomic mass is 9.71. The molecule has 1 aromatic heterocycles. The molecule has 1 amide bonds. The summed E-state index contributed by atoms with van der Waals surface area (Å²) in [6.45, 7) is 7.12. The maximum atomic E-state index is 13.5. The molecule has 0 aromatic carbocycles. The van der Waals surface area contributed by atoms with Gasteiger partial charge in [-0.1, -0.05) is 44.9 Å². The zero-order valence-corrected chi connectivity index (χ0v) is 22.9. The number of fused-ring (bicyclic) bond motifs is 1. The lowest BCUT2D eigenvalue weighted by Gasteiger charge is -2.35. The molecule has 2 aliphatic rings. The van der Waals surface area contributed by atoms with Crippen molar-refractivity contribution >= 4 is 29.4 Å². The number of carbonyl (C=O) groups excluding carboxylic acids is 2. The molecule has 2 aliphatic heterocycles. The summed E-state index contributed by atoms with van der Waals surface area (Å²) >= 11 is 6.68. The number of aliphatic hydroxyl groups is 2. The molecule has 3 N–H and O–H groups in total. The Bertz CT molecular complexity index is 1040. The molecule has 0 radical (unpaired) electrons. The first kappa shape index (κ1) is 29.3. The van der Waals surface area contributed by atoms with Gasteiger partial charge < -0.3 is 20.3 Å². The second kappa shape index (κ2) is 12.1. The molecule has 1 aromatic rings. The number of terminal acetylenes is 1. The first-order valence-corrected chi connectivity index (χ1v) is 13.4. The van der Waals surface area contributed by atoms with E-state index in [1.54, 1.807) is 32.2 Å². The summed E-state index contributed by atoms with van der Waals surface area (Å²) in [5.41, 5.74) is -0.993. The molecule has 8 heteroatoms. The number of amides is 1. The Labute approximate surface area is 225 Å². The number of nitrogens with one attached hydrogen (secondary N) is 1. The zero-order valence-electron chi connectivity index (χ0n) is 22.1. The van der Waals surface area contributed by atoms with E-state index in [1.807, 2.05) is 26.0 Å². The Hall–Kier alpha value is -2.24. The van der Waals surface area contributed by atoms with Gasteiger partial charge in [0.25, 0.3) is 0 Å². The Morgan fingerprint density at radius 2 is 2.05 bits per heavy atom. The van der Waals surface area contributed by atoms with Crippen molar-refractivity contribution in [2.45, 2.75) is 96.2 Å². The quantitative estimate of drug-likeness (QED) is 0.404. The number of epoxide rings is 1. The summed E-state index contributed by atoms with van der Waals surface area (Å²) in [6, 6.07) is 4.93. The van der Waals surface area contributed by atoms with Crippen molar-refractivity contribution in [2.75, 3.05) is 0 Å². The fourth-order valence-electron chi connectivity index (χ4n) is 5.13. The van der Waals surface area contributed by atoms with E-state index in [2.05, 4.69) is 16.2 Å². The molecule has 3 rings (SSSR count). The fourth-order valence-corrected chi connectivity index (χ4v) is 5.39. The Balaban J connectivity index is 1.89. The lowest BCUT2D eigenvalue weighted by molar-refractivity contribution is -0.143. The molecule has 7 atom stereocenters. The Morgan fingerprint density at radius 3 is 2.70 bits per heavy atom. The van der Waals surface area contributed by atoms with E-state index in [1.165, 1.54) is 0 Å². The number of pyridine rings is 1. The van der Waals surface area contributed by atoms with Crippen LogP contribution in [0.4, 0.5) is 0 Å². The molecule has 7 nitrogen and oxygen atoms in total. The Morgan fingerprint density at radius 1 is 1.32 bits per heavy atom. The zero-order chi connectivity index (χ0) is 27.4. The van der Waals surface area contributed by atoms with Gasteiger partial charge in [-0.15, -0.1) is 12.3 Å². The number of nitrogens with zero attached hydrogens (tertiary/aromatic N) is 1. The van der Waals surface area contributed by atoms with E-state index in [9.17, 15) is 19.8 Å². The van der Waals surface area contributed by atoms with Gasteiger partial charge in [0.15, 0.2) is 0 Å².